The van der Waals surface area contributed by atoms with E-state index in [0.717, 1.165) is 31.2 Å². The van der Waals surface area contributed by atoms with Gasteiger partial charge in [-0.3, -0.25) is 18.2 Å². The van der Waals surface area contributed by atoms with Gasteiger partial charge >= 0.3 is 0 Å². The predicted molar refractivity (Wildman–Crippen MR) is 144 cm³/mol. The smallest absolute Gasteiger partial charge is 0.264 e. The Morgan fingerprint density at radius 2 is 1.26 bits per heavy atom. The number of rotatable bonds is 10. The van der Waals surface area contributed by atoms with E-state index in [1.54, 1.807) is 0 Å². The first-order chi connectivity index (χ1) is 17.9. The molecule has 2 aliphatic rings. The van der Waals surface area contributed by atoms with Crippen molar-refractivity contribution in [3.63, 3.8) is 0 Å². The number of benzene rings is 2. The van der Waals surface area contributed by atoms with E-state index < -0.39 is 26.3 Å². The molecule has 0 aliphatic carbocycles. The van der Waals surface area contributed by atoms with E-state index in [1.165, 1.54) is 5.56 Å². The van der Waals surface area contributed by atoms with E-state index in [0.29, 0.717) is 26.2 Å². The molecular formula is C26H38N2O8S2. The maximum Gasteiger partial charge on any atom is 0.264 e. The lowest BCUT2D eigenvalue weighted by Gasteiger charge is -2.16. The molecule has 0 aromatic heterocycles. The second-order valence-corrected chi connectivity index (χ2v) is 13.2. The summed E-state index contributed by atoms with van der Waals surface area (Å²) in [6.07, 6.45) is 0.964. The zero-order valence-corrected chi connectivity index (χ0v) is 23.4. The molecule has 2 heterocycles. The fourth-order valence-corrected chi connectivity index (χ4v) is 5.78. The molecule has 12 heteroatoms. The lowest BCUT2D eigenvalue weighted by Crippen LogP contribution is -2.29. The maximum absolute atomic E-state index is 11.4. The van der Waals surface area contributed by atoms with E-state index in [-0.39, 0.29) is 31.2 Å². The summed E-state index contributed by atoms with van der Waals surface area (Å²) in [6, 6.07) is 19.9. The van der Waals surface area contributed by atoms with E-state index in [1.807, 2.05) is 53.4 Å². The van der Waals surface area contributed by atoms with Crippen molar-refractivity contribution in [2.24, 2.45) is 11.8 Å². The lowest BCUT2D eigenvalue weighted by atomic mass is 10.1. The molecule has 2 aromatic carbocycles. The molecule has 2 N–H and O–H groups in total. The topological polar surface area (TPSA) is 134 Å². The number of nitrogens with zero attached hydrogens (tertiary/aromatic N) is 2. The standard InChI is InChI=1S/C14H21NO6S2.C12H17NO2/c1-22(16,17)20-11-13-9-15(8-12-6-4-3-5-7-12)10-14(13)21-23(2,18)19;14-9-11-7-13(8-12(11)15)6-10-4-2-1-3-5-10/h3-7,13-14H,8-11H2,1-2H3;1-5,11-12,14-15H,6-9H2. The quantitative estimate of drug-likeness (QED) is 0.397. The summed E-state index contributed by atoms with van der Waals surface area (Å²) in [5, 5.41) is 18.7. The Morgan fingerprint density at radius 3 is 1.71 bits per heavy atom. The Kier molecular flexibility index (Phi) is 11.2. The Morgan fingerprint density at radius 1 is 0.763 bits per heavy atom. The number of β-amino-alcohol motifs (C(OH)–C–C–N with tert-alkyl or cyclic N) is 1. The Bertz CT molecular complexity index is 1200. The molecule has 4 unspecified atom stereocenters. The van der Waals surface area contributed by atoms with Gasteiger partial charge in [-0.15, -0.1) is 0 Å². The third kappa shape index (κ3) is 10.7. The molecule has 2 aliphatic heterocycles. The Hall–Kier alpha value is -1.90. The lowest BCUT2D eigenvalue weighted by molar-refractivity contribution is 0.103. The summed E-state index contributed by atoms with van der Waals surface area (Å²) >= 11 is 0. The van der Waals surface area contributed by atoms with Gasteiger partial charge in [0, 0.05) is 57.7 Å². The Labute approximate surface area is 226 Å². The van der Waals surface area contributed by atoms with Gasteiger partial charge in [0.1, 0.15) is 0 Å². The van der Waals surface area contributed by atoms with Gasteiger partial charge in [-0.1, -0.05) is 60.7 Å². The van der Waals surface area contributed by atoms with Gasteiger partial charge < -0.3 is 10.2 Å². The van der Waals surface area contributed by atoms with Crippen molar-refractivity contribution in [3.05, 3.63) is 71.8 Å². The van der Waals surface area contributed by atoms with Gasteiger partial charge in [0.2, 0.25) is 0 Å². The summed E-state index contributed by atoms with van der Waals surface area (Å²) in [5.74, 6) is -0.308. The largest absolute Gasteiger partial charge is 0.396 e. The number of aliphatic hydroxyl groups excluding tert-OH is 2. The molecule has 4 atom stereocenters. The molecule has 2 saturated heterocycles. The van der Waals surface area contributed by atoms with E-state index in [2.05, 4.69) is 17.0 Å². The van der Waals surface area contributed by atoms with Crippen LogP contribution in [-0.2, 0) is 41.7 Å². The SMILES string of the molecule is CS(=O)(=O)OCC1CN(Cc2ccccc2)CC1OS(C)(=O)=O.OCC1CN(Cc2ccccc2)CC1O. The fraction of sp³-hybridized carbons (Fsp3) is 0.538. The highest BCUT2D eigenvalue weighted by Crippen LogP contribution is 2.24. The summed E-state index contributed by atoms with van der Waals surface area (Å²) in [7, 11) is -7.20. The first kappa shape index (κ1) is 30.6. The second-order valence-electron chi connectivity index (χ2n) is 9.96. The summed E-state index contributed by atoms with van der Waals surface area (Å²) in [5.41, 5.74) is 2.35. The first-order valence-electron chi connectivity index (χ1n) is 12.5. The molecule has 0 saturated carbocycles. The Balaban J connectivity index is 0.000000230. The normalized spacial score (nSPS) is 24.7. The third-order valence-corrected chi connectivity index (χ3v) is 7.63. The molecule has 38 heavy (non-hydrogen) atoms. The minimum Gasteiger partial charge on any atom is -0.396 e. The average molecular weight is 571 g/mol. The molecule has 0 bridgehead atoms. The summed E-state index contributed by atoms with van der Waals surface area (Å²) < 4.78 is 55.0. The molecule has 212 valence electrons. The van der Waals surface area contributed by atoms with Crippen molar-refractivity contribution in [2.45, 2.75) is 25.3 Å². The van der Waals surface area contributed by atoms with Crippen molar-refractivity contribution in [3.8, 4) is 0 Å². The highest BCUT2D eigenvalue weighted by molar-refractivity contribution is 7.86. The van der Waals surface area contributed by atoms with Crippen molar-refractivity contribution < 1.29 is 35.4 Å². The van der Waals surface area contributed by atoms with Crippen LogP contribution in [0.4, 0.5) is 0 Å². The average Bonchev–Trinajstić information content (AvgIpc) is 3.39. The summed E-state index contributed by atoms with van der Waals surface area (Å²) in [4.78, 5) is 4.21. The third-order valence-electron chi connectivity index (χ3n) is 6.47. The maximum atomic E-state index is 11.4. The zero-order chi connectivity index (χ0) is 27.8. The molecule has 0 amide bonds. The van der Waals surface area contributed by atoms with Gasteiger partial charge in [0.05, 0.1) is 31.3 Å². The molecule has 4 rings (SSSR count). The van der Waals surface area contributed by atoms with Gasteiger partial charge in [0.15, 0.2) is 0 Å². The van der Waals surface area contributed by atoms with Crippen LogP contribution in [0.1, 0.15) is 11.1 Å². The van der Waals surface area contributed by atoms with E-state index in [9.17, 15) is 21.9 Å². The van der Waals surface area contributed by atoms with Gasteiger partial charge in [-0.2, -0.15) is 16.8 Å². The molecule has 2 fully saturated rings. The van der Waals surface area contributed by atoms with Crippen LogP contribution in [0.5, 0.6) is 0 Å². The molecule has 10 nitrogen and oxygen atoms in total. The van der Waals surface area contributed by atoms with Crippen LogP contribution < -0.4 is 0 Å². The summed E-state index contributed by atoms with van der Waals surface area (Å²) in [6.45, 7) is 3.84. The minimum atomic E-state index is -3.62. The van der Waals surface area contributed by atoms with Crippen LogP contribution in [0.2, 0.25) is 0 Å². The predicted octanol–water partition coefficient (Wildman–Crippen LogP) is 0.911. The van der Waals surface area contributed by atoms with E-state index >= 15 is 0 Å². The highest BCUT2D eigenvalue weighted by atomic mass is 32.2. The van der Waals surface area contributed by atoms with Crippen LogP contribution in [0.25, 0.3) is 0 Å². The number of likely N-dealkylation sites (tertiary alicyclic amines) is 2. The number of aliphatic hydroxyl groups is 2. The van der Waals surface area contributed by atoms with Crippen molar-refractivity contribution in [1.29, 1.82) is 0 Å². The zero-order valence-electron chi connectivity index (χ0n) is 21.8. The first-order valence-corrected chi connectivity index (χ1v) is 16.1. The number of hydrogen-bond acceptors (Lipinski definition) is 10. The molecule has 2 aromatic rings. The van der Waals surface area contributed by atoms with Gasteiger partial charge in [-0.05, 0) is 11.1 Å². The highest BCUT2D eigenvalue weighted by Gasteiger charge is 2.36. The minimum absolute atomic E-state index is 0.0220. The molecular weight excluding hydrogens is 532 g/mol. The fourth-order valence-electron chi connectivity index (χ4n) is 4.69. The number of hydrogen-bond donors (Lipinski definition) is 2. The van der Waals surface area contributed by atoms with Crippen LogP contribution in [0.3, 0.4) is 0 Å². The van der Waals surface area contributed by atoms with Crippen molar-refractivity contribution >= 4 is 20.2 Å². The van der Waals surface area contributed by atoms with Crippen molar-refractivity contribution in [2.75, 3.05) is 51.9 Å². The monoisotopic (exact) mass is 570 g/mol. The second kappa shape index (κ2) is 13.9. The molecule has 0 radical (unpaired) electrons. The van der Waals surface area contributed by atoms with Crippen LogP contribution in [0, 0.1) is 11.8 Å². The van der Waals surface area contributed by atoms with Crippen LogP contribution in [0.15, 0.2) is 60.7 Å². The van der Waals surface area contributed by atoms with Crippen molar-refractivity contribution in [1.82, 2.24) is 9.80 Å². The molecule has 0 spiro atoms. The van der Waals surface area contributed by atoms with E-state index in [4.69, 9.17) is 13.5 Å². The van der Waals surface area contributed by atoms with Crippen LogP contribution in [-0.4, -0.2) is 101 Å². The van der Waals surface area contributed by atoms with Crippen LogP contribution >= 0.6 is 0 Å². The van der Waals surface area contributed by atoms with Gasteiger partial charge in [0.25, 0.3) is 20.2 Å². The van der Waals surface area contributed by atoms with Gasteiger partial charge in [-0.25, -0.2) is 0 Å².